The summed E-state index contributed by atoms with van der Waals surface area (Å²) in [6.45, 7) is 19.2. The molecule has 4 unspecified atom stereocenters. The molecule has 0 N–H and O–H groups in total. The van der Waals surface area contributed by atoms with E-state index in [1.807, 2.05) is 13.8 Å². The number of aryl methyl sites for hydroxylation is 1. The third-order valence-electron chi connectivity index (χ3n) is 7.71. The lowest BCUT2D eigenvalue weighted by molar-refractivity contribution is -0.145. The molecule has 0 heterocycles. The summed E-state index contributed by atoms with van der Waals surface area (Å²) in [5.41, 5.74) is 4.33. The maximum Gasteiger partial charge on any atom is 0.333 e. The SMILES string of the molecule is C=C(C)C(=O)OC(C)COc1c2c(c(OCC(C)OC(=O)C(=C)C)c3ccc(CC)cc13)C1(C)CCC2C1. The van der Waals surface area contributed by atoms with Crippen molar-refractivity contribution in [2.24, 2.45) is 0 Å². The highest BCUT2D eigenvalue weighted by Gasteiger charge is 2.50. The number of rotatable bonds is 11. The van der Waals surface area contributed by atoms with E-state index >= 15 is 0 Å². The molecule has 0 saturated heterocycles. The van der Waals surface area contributed by atoms with Gasteiger partial charge in [0, 0.05) is 33.0 Å². The molecule has 1 fully saturated rings. The minimum atomic E-state index is -0.425. The fourth-order valence-electron chi connectivity index (χ4n) is 5.76. The van der Waals surface area contributed by atoms with Gasteiger partial charge in [0.05, 0.1) is 0 Å². The quantitative estimate of drug-likeness (QED) is 0.242. The van der Waals surface area contributed by atoms with Crippen molar-refractivity contribution in [1.29, 1.82) is 0 Å². The largest absolute Gasteiger partial charge is 0.489 e. The van der Waals surface area contributed by atoms with Crippen LogP contribution in [0, 0.1) is 0 Å². The molecule has 6 heteroatoms. The minimum Gasteiger partial charge on any atom is -0.489 e. The van der Waals surface area contributed by atoms with E-state index < -0.39 is 24.1 Å². The van der Waals surface area contributed by atoms with Crippen molar-refractivity contribution in [1.82, 2.24) is 0 Å². The molecule has 38 heavy (non-hydrogen) atoms. The predicted molar refractivity (Wildman–Crippen MR) is 149 cm³/mol. The lowest BCUT2D eigenvalue weighted by atomic mass is 9.78. The third-order valence-corrected chi connectivity index (χ3v) is 7.71. The number of esters is 2. The lowest BCUT2D eigenvalue weighted by Gasteiger charge is -2.31. The van der Waals surface area contributed by atoms with Gasteiger partial charge in [0.15, 0.2) is 0 Å². The highest BCUT2D eigenvalue weighted by Crippen LogP contribution is 2.64. The van der Waals surface area contributed by atoms with Crippen molar-refractivity contribution < 1.29 is 28.5 Å². The molecule has 6 nitrogen and oxygen atoms in total. The zero-order valence-corrected chi connectivity index (χ0v) is 23.6. The van der Waals surface area contributed by atoms with Gasteiger partial charge in [-0.05, 0) is 76.3 Å². The average Bonchev–Trinajstić information content (AvgIpc) is 3.39. The molecule has 2 aromatic carbocycles. The van der Waals surface area contributed by atoms with Gasteiger partial charge in [0.25, 0.3) is 0 Å². The van der Waals surface area contributed by atoms with Gasteiger partial charge in [-0.2, -0.15) is 0 Å². The summed E-state index contributed by atoms with van der Waals surface area (Å²) in [7, 11) is 0. The fourth-order valence-corrected chi connectivity index (χ4v) is 5.76. The molecule has 2 aromatic rings. The van der Waals surface area contributed by atoms with Crippen LogP contribution in [0.5, 0.6) is 11.5 Å². The molecular formula is C32H40O6. The first kappa shape index (κ1) is 27.7. The Balaban J connectivity index is 1.75. The van der Waals surface area contributed by atoms with Gasteiger partial charge in [0.1, 0.15) is 36.9 Å². The maximum atomic E-state index is 12.0. The number of hydrogen-bond acceptors (Lipinski definition) is 6. The number of benzene rings is 2. The second-order valence-electron chi connectivity index (χ2n) is 11.3. The van der Waals surface area contributed by atoms with E-state index in [0.29, 0.717) is 17.1 Å². The van der Waals surface area contributed by atoms with E-state index in [4.69, 9.17) is 18.9 Å². The van der Waals surface area contributed by atoms with Crippen LogP contribution in [0.2, 0.25) is 0 Å². The number of ether oxygens (including phenoxy) is 4. The molecule has 2 aliphatic rings. The third kappa shape index (κ3) is 5.31. The number of carbonyl (C=O) groups is 2. The molecular weight excluding hydrogens is 480 g/mol. The Morgan fingerprint density at radius 2 is 1.55 bits per heavy atom. The molecule has 1 saturated carbocycles. The van der Waals surface area contributed by atoms with Gasteiger partial charge in [-0.25, -0.2) is 9.59 Å². The van der Waals surface area contributed by atoms with E-state index in [2.05, 4.69) is 45.2 Å². The van der Waals surface area contributed by atoms with Crippen LogP contribution in [-0.2, 0) is 30.9 Å². The van der Waals surface area contributed by atoms with Crippen LogP contribution in [0.1, 0.15) is 83.4 Å². The van der Waals surface area contributed by atoms with E-state index in [1.165, 1.54) is 16.7 Å². The first-order chi connectivity index (χ1) is 17.9. The van der Waals surface area contributed by atoms with Crippen LogP contribution in [0.25, 0.3) is 10.8 Å². The molecule has 2 aliphatic carbocycles. The van der Waals surface area contributed by atoms with E-state index in [0.717, 1.165) is 48.0 Å². The van der Waals surface area contributed by atoms with Crippen molar-refractivity contribution in [3.05, 3.63) is 59.2 Å². The molecule has 4 atom stereocenters. The zero-order chi connectivity index (χ0) is 27.8. The van der Waals surface area contributed by atoms with Crippen LogP contribution in [0.3, 0.4) is 0 Å². The summed E-state index contributed by atoms with van der Waals surface area (Å²) in [4.78, 5) is 24.1. The first-order valence-electron chi connectivity index (χ1n) is 13.6. The normalized spacial score (nSPS) is 20.9. The Bertz CT molecular complexity index is 1290. The average molecular weight is 521 g/mol. The molecule has 0 radical (unpaired) electrons. The summed E-state index contributed by atoms with van der Waals surface area (Å²) in [5.74, 6) is 1.27. The number of hydrogen-bond donors (Lipinski definition) is 0. The minimum absolute atomic E-state index is 0.0132. The van der Waals surface area contributed by atoms with E-state index in [1.54, 1.807) is 13.8 Å². The Labute approximate surface area is 226 Å². The smallest absolute Gasteiger partial charge is 0.333 e. The predicted octanol–water partition coefficient (Wildman–Crippen LogP) is 6.71. The Morgan fingerprint density at radius 3 is 2.11 bits per heavy atom. The van der Waals surface area contributed by atoms with Gasteiger partial charge in [-0.15, -0.1) is 0 Å². The second-order valence-corrected chi connectivity index (χ2v) is 11.3. The van der Waals surface area contributed by atoms with Gasteiger partial charge in [0.2, 0.25) is 0 Å². The standard InChI is InChI=1S/C32H40O6/c1-9-22-10-11-24-25(14-22)28(35-16-20(6)37-30(33)18(2)3)26-23-12-13-32(8,15-23)27(26)29(24)36-17-21(7)38-31(34)19(4)5/h10-11,14,20-21,23H,2,4,9,12-13,15-17H2,1,3,5-8H3. The molecule has 2 bridgehead atoms. The monoisotopic (exact) mass is 520 g/mol. The molecule has 204 valence electrons. The summed E-state index contributed by atoms with van der Waals surface area (Å²) in [5, 5.41) is 1.98. The van der Waals surface area contributed by atoms with Gasteiger partial charge in [-0.1, -0.05) is 39.1 Å². The highest BCUT2D eigenvalue weighted by atomic mass is 16.6. The van der Waals surface area contributed by atoms with Crippen molar-refractivity contribution in [2.45, 2.75) is 90.8 Å². The molecule has 0 amide bonds. The molecule has 4 rings (SSSR count). The highest BCUT2D eigenvalue weighted by molar-refractivity contribution is 5.98. The summed E-state index contributed by atoms with van der Waals surface area (Å²) < 4.78 is 24.0. The van der Waals surface area contributed by atoms with Gasteiger partial charge in [-0.3, -0.25) is 0 Å². The fraction of sp³-hybridized carbons (Fsp3) is 0.500. The topological polar surface area (TPSA) is 71.1 Å². The number of fused-ring (bicyclic) bond motifs is 6. The Hall–Kier alpha value is -3.28. The van der Waals surface area contributed by atoms with Crippen LogP contribution >= 0.6 is 0 Å². The lowest BCUT2D eigenvalue weighted by Crippen LogP contribution is -2.25. The molecule has 0 spiro atoms. The Morgan fingerprint density at radius 1 is 0.974 bits per heavy atom. The van der Waals surface area contributed by atoms with Crippen molar-refractivity contribution in [2.75, 3.05) is 13.2 Å². The zero-order valence-electron chi connectivity index (χ0n) is 23.6. The van der Waals surface area contributed by atoms with E-state index in [9.17, 15) is 9.59 Å². The van der Waals surface area contributed by atoms with Crippen molar-refractivity contribution in [3.63, 3.8) is 0 Å². The van der Waals surface area contributed by atoms with Crippen LogP contribution in [0.4, 0.5) is 0 Å². The first-order valence-corrected chi connectivity index (χ1v) is 13.6. The molecule has 0 aromatic heterocycles. The van der Waals surface area contributed by atoms with Gasteiger partial charge >= 0.3 is 11.9 Å². The summed E-state index contributed by atoms with van der Waals surface area (Å²) in [6, 6.07) is 6.42. The van der Waals surface area contributed by atoms with E-state index in [-0.39, 0.29) is 18.6 Å². The maximum absolute atomic E-state index is 12.0. The number of carbonyl (C=O) groups excluding carboxylic acids is 2. The second kappa shape index (κ2) is 10.8. The van der Waals surface area contributed by atoms with Gasteiger partial charge < -0.3 is 18.9 Å². The van der Waals surface area contributed by atoms with Crippen LogP contribution in [0.15, 0.2) is 42.5 Å². The van der Waals surface area contributed by atoms with Crippen molar-refractivity contribution >= 4 is 22.7 Å². The summed E-state index contributed by atoms with van der Waals surface area (Å²) in [6.07, 6.45) is 3.28. The van der Waals surface area contributed by atoms with Crippen LogP contribution in [-0.4, -0.2) is 37.4 Å². The molecule has 0 aliphatic heterocycles. The Kier molecular flexibility index (Phi) is 7.91. The summed E-state index contributed by atoms with van der Waals surface area (Å²) >= 11 is 0. The van der Waals surface area contributed by atoms with Crippen molar-refractivity contribution in [3.8, 4) is 11.5 Å². The van der Waals surface area contributed by atoms with Crippen LogP contribution < -0.4 is 9.47 Å².